The first-order chi connectivity index (χ1) is 8.25. The maximum atomic E-state index is 13.3. The molecule has 1 aromatic rings. The van der Waals surface area contributed by atoms with E-state index >= 15 is 0 Å². The number of carbonyl (C=O) groups is 1. The fourth-order valence-electron chi connectivity index (χ4n) is 1.31. The highest BCUT2D eigenvalue weighted by Gasteiger charge is 2.28. The zero-order valence-electron chi connectivity index (χ0n) is 10.00. The number of carboxylic acid groups (broad SMARTS) is 1. The molecule has 1 unspecified atom stereocenters. The van der Waals surface area contributed by atoms with Crippen molar-refractivity contribution < 1.29 is 22.7 Å². The Labute approximate surface area is 105 Å². The average Bonchev–Trinajstić information content (AvgIpc) is 2.29. The van der Waals surface area contributed by atoms with Crippen molar-refractivity contribution in [2.75, 3.05) is 7.05 Å². The minimum absolute atomic E-state index is 0.0157. The standard InChI is InChI=1S/C11H14FNO4S/c1-8(11(14)15)13(2)18(16,17)7-9-5-3-4-6-10(9)12/h3-6,8H,7H2,1-2H3,(H,14,15). The predicted octanol–water partition coefficient (Wildman–Crippen LogP) is 1.06. The van der Waals surface area contributed by atoms with Crippen LogP contribution in [0.3, 0.4) is 0 Å². The molecular weight excluding hydrogens is 261 g/mol. The molecule has 0 amide bonds. The first kappa shape index (κ1) is 14.6. The number of hydrogen-bond acceptors (Lipinski definition) is 3. The molecule has 1 N–H and O–H groups in total. The van der Waals surface area contributed by atoms with Gasteiger partial charge in [0, 0.05) is 12.6 Å². The second-order valence-corrected chi connectivity index (χ2v) is 5.91. The second-order valence-electron chi connectivity index (χ2n) is 3.88. The molecule has 18 heavy (non-hydrogen) atoms. The van der Waals surface area contributed by atoms with Gasteiger partial charge in [-0.1, -0.05) is 18.2 Å². The van der Waals surface area contributed by atoms with Gasteiger partial charge in [-0.05, 0) is 13.0 Å². The van der Waals surface area contributed by atoms with Crippen LogP contribution in [0.5, 0.6) is 0 Å². The Morgan fingerprint density at radius 1 is 1.44 bits per heavy atom. The molecule has 100 valence electrons. The van der Waals surface area contributed by atoms with E-state index in [4.69, 9.17) is 5.11 Å². The van der Waals surface area contributed by atoms with Crippen molar-refractivity contribution >= 4 is 16.0 Å². The molecule has 0 saturated carbocycles. The molecule has 0 radical (unpaired) electrons. The minimum atomic E-state index is -3.87. The number of aliphatic carboxylic acids is 1. The van der Waals surface area contributed by atoms with Gasteiger partial charge in [-0.2, -0.15) is 4.31 Å². The first-order valence-electron chi connectivity index (χ1n) is 5.17. The van der Waals surface area contributed by atoms with Gasteiger partial charge in [-0.3, -0.25) is 4.79 Å². The zero-order chi connectivity index (χ0) is 13.9. The third kappa shape index (κ3) is 3.27. The molecule has 0 aromatic heterocycles. The zero-order valence-corrected chi connectivity index (χ0v) is 10.8. The maximum absolute atomic E-state index is 13.3. The number of nitrogens with zero attached hydrogens (tertiary/aromatic N) is 1. The molecule has 0 aliphatic carbocycles. The Morgan fingerprint density at radius 3 is 2.50 bits per heavy atom. The molecule has 0 spiro atoms. The van der Waals surface area contributed by atoms with E-state index in [0.29, 0.717) is 0 Å². The Morgan fingerprint density at radius 2 is 2.00 bits per heavy atom. The second kappa shape index (κ2) is 5.45. The molecule has 5 nitrogen and oxygen atoms in total. The summed E-state index contributed by atoms with van der Waals surface area (Å²) in [6.07, 6.45) is 0. The summed E-state index contributed by atoms with van der Waals surface area (Å²) in [7, 11) is -2.71. The summed E-state index contributed by atoms with van der Waals surface area (Å²) in [5.74, 6) is -2.44. The largest absolute Gasteiger partial charge is 0.480 e. The highest BCUT2D eigenvalue weighted by Crippen LogP contribution is 2.14. The molecule has 0 saturated heterocycles. The monoisotopic (exact) mass is 275 g/mol. The summed E-state index contributed by atoms with van der Waals surface area (Å²) >= 11 is 0. The predicted molar refractivity (Wildman–Crippen MR) is 63.9 cm³/mol. The van der Waals surface area contributed by atoms with Crippen LogP contribution in [0, 0.1) is 5.82 Å². The first-order valence-corrected chi connectivity index (χ1v) is 6.78. The fourth-order valence-corrected chi connectivity index (χ4v) is 2.71. The topological polar surface area (TPSA) is 74.7 Å². The SMILES string of the molecule is CC(C(=O)O)N(C)S(=O)(=O)Cc1ccccc1F. The van der Waals surface area contributed by atoms with Crippen LogP contribution in [0.1, 0.15) is 12.5 Å². The van der Waals surface area contributed by atoms with Crippen molar-refractivity contribution in [3.63, 3.8) is 0 Å². The van der Waals surface area contributed by atoms with Crippen LogP contribution in [0.15, 0.2) is 24.3 Å². The number of rotatable bonds is 5. The van der Waals surface area contributed by atoms with Crippen molar-refractivity contribution in [3.05, 3.63) is 35.6 Å². The van der Waals surface area contributed by atoms with E-state index in [2.05, 4.69) is 0 Å². The van der Waals surface area contributed by atoms with Crippen molar-refractivity contribution in [3.8, 4) is 0 Å². The molecule has 0 fully saturated rings. The van der Waals surface area contributed by atoms with E-state index in [9.17, 15) is 17.6 Å². The summed E-state index contributed by atoms with van der Waals surface area (Å²) in [5.41, 5.74) is 0.0157. The lowest BCUT2D eigenvalue weighted by atomic mass is 10.2. The lowest BCUT2D eigenvalue weighted by Crippen LogP contribution is -2.40. The lowest BCUT2D eigenvalue weighted by molar-refractivity contribution is -0.140. The van der Waals surface area contributed by atoms with Crippen LogP contribution in [0.4, 0.5) is 4.39 Å². The Balaban J connectivity index is 2.96. The van der Waals surface area contributed by atoms with Crippen molar-refractivity contribution in [1.82, 2.24) is 4.31 Å². The Kier molecular flexibility index (Phi) is 4.42. The molecule has 1 atom stereocenters. The van der Waals surface area contributed by atoms with Gasteiger partial charge in [0.2, 0.25) is 10.0 Å². The van der Waals surface area contributed by atoms with E-state index in [1.807, 2.05) is 0 Å². The Bertz CT molecular complexity index is 544. The average molecular weight is 275 g/mol. The lowest BCUT2D eigenvalue weighted by Gasteiger charge is -2.21. The molecular formula is C11H14FNO4S. The van der Waals surface area contributed by atoms with Gasteiger partial charge >= 0.3 is 5.97 Å². The highest BCUT2D eigenvalue weighted by molar-refractivity contribution is 7.88. The van der Waals surface area contributed by atoms with Crippen LogP contribution in [0.2, 0.25) is 0 Å². The van der Waals surface area contributed by atoms with Crippen LogP contribution in [-0.2, 0) is 20.6 Å². The van der Waals surface area contributed by atoms with E-state index in [-0.39, 0.29) is 5.56 Å². The number of benzene rings is 1. The van der Waals surface area contributed by atoms with Crippen molar-refractivity contribution in [2.24, 2.45) is 0 Å². The molecule has 1 aromatic carbocycles. The maximum Gasteiger partial charge on any atom is 0.321 e. The van der Waals surface area contributed by atoms with E-state index in [1.165, 1.54) is 25.1 Å². The van der Waals surface area contributed by atoms with Crippen LogP contribution < -0.4 is 0 Å². The smallest absolute Gasteiger partial charge is 0.321 e. The number of likely N-dealkylation sites (N-methyl/N-ethyl adjacent to an activating group) is 1. The van der Waals surface area contributed by atoms with E-state index < -0.39 is 33.6 Å². The van der Waals surface area contributed by atoms with Crippen LogP contribution in [0.25, 0.3) is 0 Å². The molecule has 0 heterocycles. The fraction of sp³-hybridized carbons (Fsp3) is 0.364. The molecule has 7 heteroatoms. The van der Waals surface area contributed by atoms with Gasteiger partial charge < -0.3 is 5.11 Å². The van der Waals surface area contributed by atoms with Gasteiger partial charge in [0.15, 0.2) is 0 Å². The molecule has 0 aliphatic rings. The number of hydrogen-bond donors (Lipinski definition) is 1. The van der Waals surface area contributed by atoms with Gasteiger partial charge in [0.05, 0.1) is 5.75 Å². The molecule has 0 bridgehead atoms. The summed E-state index contributed by atoms with van der Waals surface area (Å²) in [6.45, 7) is 1.25. The quantitative estimate of drug-likeness (QED) is 0.872. The normalized spacial score (nSPS) is 13.6. The molecule has 1 rings (SSSR count). The van der Waals surface area contributed by atoms with Gasteiger partial charge in [0.25, 0.3) is 0 Å². The van der Waals surface area contributed by atoms with E-state index in [1.54, 1.807) is 0 Å². The summed E-state index contributed by atoms with van der Waals surface area (Å²) in [5, 5.41) is 8.76. The third-order valence-corrected chi connectivity index (χ3v) is 4.51. The number of carboxylic acids is 1. The van der Waals surface area contributed by atoms with Crippen molar-refractivity contribution in [1.29, 1.82) is 0 Å². The third-order valence-electron chi connectivity index (χ3n) is 2.64. The highest BCUT2D eigenvalue weighted by atomic mass is 32.2. The molecule has 0 aliphatic heterocycles. The van der Waals surface area contributed by atoms with Crippen LogP contribution >= 0.6 is 0 Å². The van der Waals surface area contributed by atoms with Gasteiger partial charge in [0.1, 0.15) is 11.9 Å². The van der Waals surface area contributed by atoms with Gasteiger partial charge in [-0.15, -0.1) is 0 Å². The summed E-state index contributed by atoms with van der Waals surface area (Å²) in [4.78, 5) is 10.7. The minimum Gasteiger partial charge on any atom is -0.480 e. The van der Waals surface area contributed by atoms with Gasteiger partial charge in [-0.25, -0.2) is 12.8 Å². The van der Waals surface area contributed by atoms with Crippen LogP contribution in [-0.4, -0.2) is 36.9 Å². The number of halogens is 1. The number of sulfonamides is 1. The Hall–Kier alpha value is -1.47. The summed E-state index contributed by atoms with van der Waals surface area (Å²) in [6, 6.07) is 4.29. The van der Waals surface area contributed by atoms with Crippen molar-refractivity contribution in [2.45, 2.75) is 18.7 Å². The van der Waals surface area contributed by atoms with E-state index in [0.717, 1.165) is 17.4 Å². The summed E-state index contributed by atoms with van der Waals surface area (Å²) < 4.78 is 37.9.